The minimum Gasteiger partial charge on any atom is -0.493 e. The lowest BCUT2D eigenvalue weighted by Gasteiger charge is -2.12. The van der Waals surface area contributed by atoms with Gasteiger partial charge >= 0.3 is 5.97 Å². The van der Waals surface area contributed by atoms with E-state index in [9.17, 15) is 9.59 Å². The molecule has 0 fully saturated rings. The number of benzene rings is 2. The van der Waals surface area contributed by atoms with Crippen LogP contribution in [-0.2, 0) is 4.79 Å². The van der Waals surface area contributed by atoms with Crippen LogP contribution in [0.4, 0.5) is 5.69 Å². The first kappa shape index (κ1) is 21.3. The summed E-state index contributed by atoms with van der Waals surface area (Å²) in [5.41, 5.74) is 9.21. The first-order chi connectivity index (χ1) is 14.0. The number of ether oxygens (including phenoxy) is 2. The number of rotatable bonds is 9. The molecule has 0 heterocycles. The molecule has 2 aromatic carbocycles. The smallest absolute Gasteiger partial charge is 0.337 e. The highest BCUT2D eigenvalue weighted by atomic mass is 16.5. The van der Waals surface area contributed by atoms with Crippen LogP contribution >= 0.6 is 0 Å². The van der Waals surface area contributed by atoms with E-state index in [1.165, 1.54) is 31.5 Å². The van der Waals surface area contributed by atoms with Crippen molar-refractivity contribution in [2.24, 2.45) is 11.6 Å². The van der Waals surface area contributed by atoms with Crippen LogP contribution in [0, 0.1) is 0 Å². The predicted octanol–water partition coefficient (Wildman–Crippen LogP) is 1.69. The van der Waals surface area contributed by atoms with Crippen molar-refractivity contribution in [3.63, 3.8) is 0 Å². The van der Waals surface area contributed by atoms with Crippen LogP contribution in [0.15, 0.2) is 60.4 Å². The molecule has 0 aromatic heterocycles. The molecule has 0 aliphatic carbocycles. The van der Waals surface area contributed by atoms with E-state index in [-0.39, 0.29) is 17.9 Å². The number of amides is 1. The number of anilines is 1. The molecule has 0 aliphatic heterocycles. The number of hydrogen-bond acceptors (Lipinski definition) is 7. The number of carbonyl (C=O) groups is 2. The SMILES string of the molecule is COc1cc(/C=C/C(=O)Nc2ccccc2C(=O)O)ccc1OC/C(=C/N)NN. The first-order valence-corrected chi connectivity index (χ1v) is 8.48. The van der Waals surface area contributed by atoms with Crippen LogP contribution in [0.3, 0.4) is 0 Å². The van der Waals surface area contributed by atoms with Crippen LogP contribution in [0.1, 0.15) is 15.9 Å². The summed E-state index contributed by atoms with van der Waals surface area (Å²) in [5.74, 6) is 4.64. The van der Waals surface area contributed by atoms with Crippen LogP contribution in [-0.4, -0.2) is 30.7 Å². The molecule has 0 spiro atoms. The lowest BCUT2D eigenvalue weighted by molar-refractivity contribution is -0.111. The third-order valence-corrected chi connectivity index (χ3v) is 3.80. The molecule has 0 saturated carbocycles. The van der Waals surface area contributed by atoms with Gasteiger partial charge in [-0.2, -0.15) is 0 Å². The Kier molecular flexibility index (Phi) is 7.63. The highest BCUT2D eigenvalue weighted by molar-refractivity contribution is 6.06. The van der Waals surface area contributed by atoms with Gasteiger partial charge in [0, 0.05) is 12.3 Å². The van der Waals surface area contributed by atoms with Crippen LogP contribution < -0.4 is 31.8 Å². The minimum absolute atomic E-state index is 0.00953. The van der Waals surface area contributed by atoms with E-state index in [1.807, 2.05) is 0 Å². The summed E-state index contributed by atoms with van der Waals surface area (Å²) >= 11 is 0. The van der Waals surface area contributed by atoms with Gasteiger partial charge in [-0.3, -0.25) is 10.6 Å². The van der Waals surface area contributed by atoms with Gasteiger partial charge in [0.15, 0.2) is 11.5 Å². The number of para-hydroxylation sites is 1. The predicted molar refractivity (Wildman–Crippen MR) is 109 cm³/mol. The third-order valence-electron chi connectivity index (χ3n) is 3.80. The Morgan fingerprint density at radius 2 is 1.93 bits per heavy atom. The fourth-order valence-corrected chi connectivity index (χ4v) is 2.33. The van der Waals surface area contributed by atoms with Crippen molar-refractivity contribution < 1.29 is 24.2 Å². The summed E-state index contributed by atoms with van der Waals surface area (Å²) in [6, 6.07) is 11.3. The van der Waals surface area contributed by atoms with Crippen LogP contribution in [0.2, 0.25) is 0 Å². The zero-order chi connectivity index (χ0) is 21.2. The van der Waals surface area contributed by atoms with Gasteiger partial charge < -0.3 is 31.1 Å². The molecule has 9 heteroatoms. The van der Waals surface area contributed by atoms with Gasteiger partial charge in [0.25, 0.3) is 0 Å². The lowest BCUT2D eigenvalue weighted by atomic mass is 10.1. The minimum atomic E-state index is -1.12. The van der Waals surface area contributed by atoms with Crippen molar-refractivity contribution in [3.05, 3.63) is 71.6 Å². The Bertz CT molecular complexity index is 940. The molecule has 9 nitrogen and oxygen atoms in total. The maximum atomic E-state index is 12.1. The largest absolute Gasteiger partial charge is 0.493 e. The number of hydrogen-bond donors (Lipinski definition) is 5. The highest BCUT2D eigenvalue weighted by Gasteiger charge is 2.10. The molecule has 7 N–H and O–H groups in total. The third kappa shape index (κ3) is 6.01. The van der Waals surface area contributed by atoms with E-state index in [1.54, 1.807) is 36.4 Å². The van der Waals surface area contributed by atoms with Gasteiger partial charge in [-0.15, -0.1) is 0 Å². The number of nitrogens with two attached hydrogens (primary N) is 2. The van der Waals surface area contributed by atoms with E-state index in [4.69, 9.17) is 26.2 Å². The summed E-state index contributed by atoms with van der Waals surface area (Å²) in [6.45, 7) is 0.129. The molecular weight excluding hydrogens is 376 g/mol. The molecule has 2 rings (SSSR count). The van der Waals surface area contributed by atoms with Crippen LogP contribution in [0.5, 0.6) is 11.5 Å². The lowest BCUT2D eigenvalue weighted by Crippen LogP contribution is -2.26. The second-order valence-electron chi connectivity index (χ2n) is 5.71. The van der Waals surface area contributed by atoms with E-state index in [2.05, 4.69) is 10.7 Å². The topological polar surface area (TPSA) is 149 Å². The average molecular weight is 398 g/mol. The van der Waals surface area contributed by atoms with E-state index in [0.717, 1.165) is 0 Å². The van der Waals surface area contributed by atoms with Crippen LogP contribution in [0.25, 0.3) is 6.08 Å². The number of carboxylic acid groups (broad SMARTS) is 1. The first-order valence-electron chi connectivity index (χ1n) is 8.48. The number of carbonyl (C=O) groups excluding carboxylic acids is 1. The Morgan fingerprint density at radius 3 is 2.59 bits per heavy atom. The number of methoxy groups -OCH3 is 1. The maximum absolute atomic E-state index is 12.1. The zero-order valence-corrected chi connectivity index (χ0v) is 15.7. The Hall–Kier alpha value is -3.98. The van der Waals surface area contributed by atoms with E-state index in [0.29, 0.717) is 22.8 Å². The van der Waals surface area contributed by atoms with Crippen molar-refractivity contribution in [3.8, 4) is 11.5 Å². The molecule has 29 heavy (non-hydrogen) atoms. The van der Waals surface area contributed by atoms with Gasteiger partial charge in [-0.05, 0) is 35.9 Å². The summed E-state index contributed by atoms with van der Waals surface area (Å²) in [7, 11) is 1.49. The van der Waals surface area contributed by atoms with Crippen molar-refractivity contribution >= 4 is 23.6 Å². The van der Waals surface area contributed by atoms with Crippen molar-refractivity contribution in [2.45, 2.75) is 0 Å². The van der Waals surface area contributed by atoms with Gasteiger partial charge in [0.05, 0.1) is 24.1 Å². The fourth-order valence-electron chi connectivity index (χ4n) is 2.33. The quantitative estimate of drug-likeness (QED) is 0.243. The summed E-state index contributed by atoms with van der Waals surface area (Å²) in [4.78, 5) is 23.3. The molecule has 0 aliphatic rings. The van der Waals surface area contributed by atoms with Gasteiger partial charge in [-0.25, -0.2) is 4.79 Å². The van der Waals surface area contributed by atoms with E-state index >= 15 is 0 Å². The summed E-state index contributed by atoms with van der Waals surface area (Å²) in [5, 5.41) is 11.7. The molecule has 0 saturated heterocycles. The van der Waals surface area contributed by atoms with Gasteiger partial charge in [-0.1, -0.05) is 18.2 Å². The second kappa shape index (κ2) is 10.4. The number of nitrogens with one attached hydrogen (secondary N) is 2. The summed E-state index contributed by atoms with van der Waals surface area (Å²) < 4.78 is 10.9. The van der Waals surface area contributed by atoms with E-state index < -0.39 is 11.9 Å². The summed E-state index contributed by atoms with van der Waals surface area (Å²) in [6.07, 6.45) is 4.16. The number of hydrazine groups is 1. The number of carboxylic acids is 1. The van der Waals surface area contributed by atoms with Crippen molar-refractivity contribution in [2.75, 3.05) is 19.0 Å². The Morgan fingerprint density at radius 1 is 1.17 bits per heavy atom. The molecule has 0 bridgehead atoms. The zero-order valence-electron chi connectivity index (χ0n) is 15.7. The Labute approximate surface area is 167 Å². The van der Waals surface area contributed by atoms with Gasteiger partial charge in [0.1, 0.15) is 6.61 Å². The standard InChI is InChI=1S/C20H22N4O5/c1-28-18-10-13(6-8-17(18)29-12-14(11-21)24-22)7-9-19(25)23-16-5-3-2-4-15(16)20(26)27/h2-11,24H,12,21-22H2,1H3,(H,23,25)(H,26,27)/b9-7+,14-11-. The highest BCUT2D eigenvalue weighted by Crippen LogP contribution is 2.28. The number of aromatic carboxylic acids is 1. The second-order valence-corrected chi connectivity index (χ2v) is 5.71. The fraction of sp³-hybridized carbons (Fsp3) is 0.100. The van der Waals surface area contributed by atoms with Crippen molar-refractivity contribution in [1.82, 2.24) is 5.43 Å². The monoisotopic (exact) mass is 398 g/mol. The normalized spacial score (nSPS) is 11.2. The van der Waals surface area contributed by atoms with Gasteiger partial charge in [0.2, 0.25) is 5.91 Å². The molecule has 0 atom stereocenters. The molecule has 0 unspecified atom stereocenters. The maximum Gasteiger partial charge on any atom is 0.337 e. The molecular formula is C20H22N4O5. The molecule has 0 radical (unpaired) electrons. The average Bonchev–Trinajstić information content (AvgIpc) is 2.73. The molecule has 1 amide bonds. The van der Waals surface area contributed by atoms with Crippen molar-refractivity contribution in [1.29, 1.82) is 0 Å². The molecule has 2 aromatic rings. The molecule has 152 valence electrons. The Balaban J connectivity index is 2.08.